The van der Waals surface area contributed by atoms with Crippen molar-refractivity contribution in [2.45, 2.75) is 31.7 Å². The van der Waals surface area contributed by atoms with Gasteiger partial charge in [-0.1, -0.05) is 18.2 Å². The number of amides is 1. The van der Waals surface area contributed by atoms with Gasteiger partial charge in [-0.25, -0.2) is 0 Å². The Kier molecular flexibility index (Phi) is 9.49. The molecule has 6 nitrogen and oxygen atoms in total. The van der Waals surface area contributed by atoms with Crippen molar-refractivity contribution < 1.29 is 14.7 Å². The second kappa shape index (κ2) is 11.1. The van der Waals surface area contributed by atoms with E-state index in [-0.39, 0.29) is 24.9 Å². The van der Waals surface area contributed by atoms with Crippen LogP contribution in [0.4, 0.5) is 5.69 Å². The monoisotopic (exact) mass is 369 g/mol. The van der Waals surface area contributed by atoms with E-state index in [1.807, 2.05) is 42.3 Å². The van der Waals surface area contributed by atoms with Crippen molar-refractivity contribution in [2.24, 2.45) is 0 Å². The second-order valence-electron chi connectivity index (χ2n) is 6.40. The lowest BCUT2D eigenvalue weighted by atomic mass is 10.1. The largest absolute Gasteiger partial charge is 0.480 e. The molecule has 1 atom stereocenters. The molecule has 25 heavy (non-hydrogen) atoms. The van der Waals surface area contributed by atoms with E-state index in [1.54, 1.807) is 0 Å². The molecule has 140 valence electrons. The number of benzene rings is 1. The van der Waals surface area contributed by atoms with Crippen molar-refractivity contribution in [3.05, 3.63) is 30.3 Å². The maximum Gasteiger partial charge on any atom is 0.317 e. The third-order valence-electron chi connectivity index (χ3n) is 4.51. The zero-order valence-electron chi connectivity index (χ0n) is 14.7. The van der Waals surface area contributed by atoms with Crippen LogP contribution in [0.2, 0.25) is 0 Å². The number of carbonyl (C=O) groups is 2. The average Bonchev–Trinajstić information content (AvgIpc) is 2.79. The van der Waals surface area contributed by atoms with Gasteiger partial charge in [0.25, 0.3) is 0 Å². The van der Waals surface area contributed by atoms with Crippen molar-refractivity contribution in [3.8, 4) is 0 Å². The van der Waals surface area contributed by atoms with Gasteiger partial charge in [-0.05, 0) is 51.5 Å². The van der Waals surface area contributed by atoms with Crippen molar-refractivity contribution in [2.75, 3.05) is 38.5 Å². The van der Waals surface area contributed by atoms with Gasteiger partial charge in [0, 0.05) is 24.7 Å². The predicted molar refractivity (Wildman–Crippen MR) is 101 cm³/mol. The lowest BCUT2D eigenvalue weighted by Gasteiger charge is -2.25. The second-order valence-corrected chi connectivity index (χ2v) is 6.40. The molecule has 0 aliphatic carbocycles. The van der Waals surface area contributed by atoms with E-state index in [2.05, 4.69) is 10.2 Å². The summed E-state index contributed by atoms with van der Waals surface area (Å²) in [7, 11) is 1.88. The standard InChI is InChI=1S/C18H27N3O3.ClH/c1-20(14-18(23)24)16-8-5-11-21(12-9-16)13-10-17(22)19-15-6-3-2-4-7-15;/h2-4,6-7,16H,5,8-14H2,1H3,(H,19,22)(H,23,24);1H. The molecule has 1 aliphatic heterocycles. The zero-order chi connectivity index (χ0) is 17.4. The Balaban J connectivity index is 0.00000312. The topological polar surface area (TPSA) is 72.9 Å². The van der Waals surface area contributed by atoms with E-state index in [0.29, 0.717) is 12.5 Å². The Morgan fingerprint density at radius 1 is 1.24 bits per heavy atom. The summed E-state index contributed by atoms with van der Waals surface area (Å²) in [6.07, 6.45) is 3.47. The number of hydrogen-bond donors (Lipinski definition) is 2. The van der Waals surface area contributed by atoms with Gasteiger partial charge >= 0.3 is 5.97 Å². The molecule has 1 unspecified atom stereocenters. The molecule has 1 fully saturated rings. The van der Waals surface area contributed by atoms with E-state index < -0.39 is 5.97 Å². The van der Waals surface area contributed by atoms with Gasteiger partial charge in [-0.3, -0.25) is 14.5 Å². The molecule has 0 saturated carbocycles. The molecule has 0 spiro atoms. The van der Waals surface area contributed by atoms with Crippen LogP contribution in [0.3, 0.4) is 0 Å². The molecule has 1 heterocycles. The fourth-order valence-electron chi connectivity index (χ4n) is 3.15. The number of carboxylic acids is 1. The highest BCUT2D eigenvalue weighted by molar-refractivity contribution is 5.90. The maximum absolute atomic E-state index is 12.0. The van der Waals surface area contributed by atoms with Gasteiger partial charge < -0.3 is 15.3 Å². The quantitative estimate of drug-likeness (QED) is 0.771. The number of likely N-dealkylation sites (N-methyl/N-ethyl adjacent to an activating group) is 1. The van der Waals surface area contributed by atoms with Gasteiger partial charge in [0.1, 0.15) is 0 Å². The van der Waals surface area contributed by atoms with Crippen molar-refractivity contribution in [1.82, 2.24) is 9.80 Å². The zero-order valence-corrected chi connectivity index (χ0v) is 15.5. The van der Waals surface area contributed by atoms with Crippen LogP contribution in [-0.2, 0) is 9.59 Å². The number of carbonyl (C=O) groups excluding carboxylic acids is 1. The molecule has 1 aromatic carbocycles. The number of likely N-dealkylation sites (tertiary alicyclic amines) is 1. The summed E-state index contributed by atoms with van der Waals surface area (Å²) in [5.41, 5.74) is 0.828. The van der Waals surface area contributed by atoms with Crippen molar-refractivity contribution >= 4 is 30.0 Å². The normalized spacial score (nSPS) is 18.2. The van der Waals surface area contributed by atoms with Crippen LogP contribution in [0.15, 0.2) is 30.3 Å². The van der Waals surface area contributed by atoms with Crippen LogP contribution < -0.4 is 5.32 Å². The molecule has 0 aromatic heterocycles. The molecule has 0 bridgehead atoms. The number of aliphatic carboxylic acids is 1. The Hall–Kier alpha value is -1.63. The number of rotatable bonds is 7. The lowest BCUT2D eigenvalue weighted by Crippen LogP contribution is -2.36. The van der Waals surface area contributed by atoms with Gasteiger partial charge in [0.15, 0.2) is 0 Å². The predicted octanol–water partition coefficient (Wildman–Crippen LogP) is 2.31. The van der Waals surface area contributed by atoms with Crippen LogP contribution in [0.25, 0.3) is 0 Å². The molecule has 1 saturated heterocycles. The minimum Gasteiger partial charge on any atom is -0.480 e. The van der Waals surface area contributed by atoms with E-state index in [1.165, 1.54) is 0 Å². The Morgan fingerprint density at radius 2 is 1.96 bits per heavy atom. The number of para-hydroxylation sites is 1. The molecule has 1 aromatic rings. The third-order valence-corrected chi connectivity index (χ3v) is 4.51. The maximum atomic E-state index is 12.0. The molecule has 1 aliphatic rings. The number of halogens is 1. The Labute approximate surface area is 155 Å². The van der Waals surface area contributed by atoms with Crippen molar-refractivity contribution in [1.29, 1.82) is 0 Å². The third kappa shape index (κ3) is 7.86. The van der Waals surface area contributed by atoms with E-state index in [4.69, 9.17) is 5.11 Å². The minimum absolute atomic E-state index is 0. The number of carboxylic acid groups (broad SMARTS) is 1. The highest BCUT2D eigenvalue weighted by Crippen LogP contribution is 2.16. The first kappa shape index (κ1) is 21.4. The number of nitrogens with zero attached hydrogens (tertiary/aromatic N) is 2. The molecule has 2 rings (SSSR count). The minimum atomic E-state index is -0.781. The number of anilines is 1. The molecule has 1 amide bonds. The summed E-state index contributed by atoms with van der Waals surface area (Å²) in [5, 5.41) is 11.8. The van der Waals surface area contributed by atoms with Crippen LogP contribution in [0.1, 0.15) is 25.7 Å². The summed E-state index contributed by atoms with van der Waals surface area (Å²) in [5.74, 6) is -0.749. The van der Waals surface area contributed by atoms with E-state index in [9.17, 15) is 9.59 Å². The number of nitrogens with one attached hydrogen (secondary N) is 1. The van der Waals surface area contributed by atoms with Gasteiger partial charge in [-0.15, -0.1) is 12.4 Å². The Morgan fingerprint density at radius 3 is 2.64 bits per heavy atom. The summed E-state index contributed by atoms with van der Waals surface area (Å²) < 4.78 is 0. The molecular weight excluding hydrogens is 342 g/mol. The summed E-state index contributed by atoms with van der Waals surface area (Å²) in [6.45, 7) is 2.71. The first-order chi connectivity index (χ1) is 11.5. The summed E-state index contributed by atoms with van der Waals surface area (Å²) in [4.78, 5) is 27.1. The van der Waals surface area contributed by atoms with Gasteiger partial charge in [0.05, 0.1) is 6.54 Å². The highest BCUT2D eigenvalue weighted by Gasteiger charge is 2.21. The molecular formula is C18H28ClN3O3. The van der Waals surface area contributed by atoms with Crippen LogP contribution in [0.5, 0.6) is 0 Å². The first-order valence-corrected chi connectivity index (χ1v) is 8.54. The van der Waals surface area contributed by atoms with Crippen LogP contribution in [-0.4, -0.2) is 66.1 Å². The van der Waals surface area contributed by atoms with Gasteiger partial charge in [0.2, 0.25) is 5.91 Å². The fraction of sp³-hybridized carbons (Fsp3) is 0.556. The fourth-order valence-corrected chi connectivity index (χ4v) is 3.15. The van der Waals surface area contributed by atoms with Crippen LogP contribution >= 0.6 is 12.4 Å². The molecule has 7 heteroatoms. The highest BCUT2D eigenvalue weighted by atomic mass is 35.5. The van der Waals surface area contributed by atoms with E-state index in [0.717, 1.165) is 44.6 Å². The smallest absolute Gasteiger partial charge is 0.317 e. The van der Waals surface area contributed by atoms with E-state index >= 15 is 0 Å². The van der Waals surface area contributed by atoms with Gasteiger partial charge in [-0.2, -0.15) is 0 Å². The molecule has 2 N–H and O–H groups in total. The summed E-state index contributed by atoms with van der Waals surface area (Å²) >= 11 is 0. The van der Waals surface area contributed by atoms with Crippen molar-refractivity contribution in [3.63, 3.8) is 0 Å². The lowest BCUT2D eigenvalue weighted by molar-refractivity contribution is -0.138. The Bertz CT molecular complexity index is 542. The molecule has 0 radical (unpaired) electrons. The summed E-state index contributed by atoms with van der Waals surface area (Å²) in [6, 6.07) is 9.80. The SMILES string of the molecule is CN(CC(=O)O)C1CCCN(CCC(=O)Nc2ccccc2)CC1.Cl. The van der Waals surface area contributed by atoms with Crippen LogP contribution in [0, 0.1) is 0 Å². The average molecular weight is 370 g/mol. The first-order valence-electron chi connectivity index (χ1n) is 8.54. The number of hydrogen-bond acceptors (Lipinski definition) is 4.